The number of benzene rings is 1. The van der Waals surface area contributed by atoms with Crippen molar-refractivity contribution in [2.75, 3.05) is 13.7 Å². The fraction of sp³-hybridized carbons (Fsp3) is 0.235. The molecule has 0 N–H and O–H groups in total. The molecule has 1 unspecified atom stereocenters. The van der Waals surface area contributed by atoms with E-state index in [9.17, 15) is 9.59 Å². The molecule has 124 valence electrons. The van der Waals surface area contributed by atoms with E-state index in [4.69, 9.17) is 14.7 Å². The molecule has 1 aromatic rings. The van der Waals surface area contributed by atoms with Crippen LogP contribution in [-0.2, 0) is 4.79 Å². The van der Waals surface area contributed by atoms with Gasteiger partial charge in [-0.3, -0.25) is 14.5 Å². The zero-order valence-electron chi connectivity index (χ0n) is 13.3. The summed E-state index contributed by atoms with van der Waals surface area (Å²) in [4.78, 5) is 25.9. The average Bonchev–Trinajstić information content (AvgIpc) is 2.86. The van der Waals surface area contributed by atoms with Crippen LogP contribution < -0.4 is 9.47 Å². The van der Waals surface area contributed by atoms with Crippen molar-refractivity contribution in [3.63, 3.8) is 0 Å². The van der Waals surface area contributed by atoms with Crippen molar-refractivity contribution in [1.29, 1.82) is 5.26 Å². The second kappa shape index (κ2) is 7.70. The highest BCUT2D eigenvalue weighted by atomic mass is 32.2. The second-order valence-electron chi connectivity index (χ2n) is 4.89. The number of nitriles is 1. The summed E-state index contributed by atoms with van der Waals surface area (Å²) in [6, 6.07) is 6.57. The maximum atomic E-state index is 12.4. The first-order chi connectivity index (χ1) is 11.5. The topological polar surface area (TPSA) is 79.6 Å². The highest BCUT2D eigenvalue weighted by Gasteiger charge is 2.37. The molecule has 1 saturated heterocycles. The van der Waals surface area contributed by atoms with Crippen LogP contribution in [0.1, 0.15) is 12.5 Å². The zero-order chi connectivity index (χ0) is 17.7. The summed E-state index contributed by atoms with van der Waals surface area (Å²) in [5.41, 5.74) is 0.688. The molecule has 0 aromatic heterocycles. The maximum Gasteiger partial charge on any atom is 0.294 e. The normalized spacial score (nSPS) is 16.9. The van der Waals surface area contributed by atoms with Crippen LogP contribution in [0.15, 0.2) is 35.8 Å². The fourth-order valence-corrected chi connectivity index (χ4v) is 3.01. The quantitative estimate of drug-likeness (QED) is 0.582. The van der Waals surface area contributed by atoms with Crippen molar-refractivity contribution in [3.8, 4) is 17.6 Å². The molecule has 24 heavy (non-hydrogen) atoms. The van der Waals surface area contributed by atoms with Gasteiger partial charge in [0.05, 0.1) is 18.1 Å². The maximum absolute atomic E-state index is 12.4. The summed E-state index contributed by atoms with van der Waals surface area (Å²) in [7, 11) is 1.48. The Labute approximate surface area is 144 Å². The molecule has 0 saturated carbocycles. The van der Waals surface area contributed by atoms with E-state index in [0.717, 1.165) is 11.8 Å². The summed E-state index contributed by atoms with van der Waals surface area (Å²) in [6.45, 7) is 5.26. The molecule has 1 atom stereocenters. The highest BCUT2D eigenvalue weighted by Crippen LogP contribution is 2.35. The Bertz CT molecular complexity index is 751. The SMILES string of the molecule is C=CC(C)N1C(=O)SC(=Cc2ccc(OCC#N)c(OC)c2)C1=O. The van der Waals surface area contributed by atoms with Gasteiger partial charge in [0.15, 0.2) is 18.1 Å². The van der Waals surface area contributed by atoms with Crippen LogP contribution >= 0.6 is 11.8 Å². The van der Waals surface area contributed by atoms with Crippen LogP contribution in [0, 0.1) is 11.3 Å². The van der Waals surface area contributed by atoms with Crippen molar-refractivity contribution in [3.05, 3.63) is 41.3 Å². The third-order valence-corrected chi connectivity index (χ3v) is 4.23. The smallest absolute Gasteiger partial charge is 0.294 e. The molecule has 6 nitrogen and oxygen atoms in total. The minimum Gasteiger partial charge on any atom is -0.493 e. The molecule has 0 aliphatic carbocycles. The van der Waals surface area contributed by atoms with Crippen LogP contribution in [0.5, 0.6) is 11.5 Å². The van der Waals surface area contributed by atoms with Gasteiger partial charge in [0, 0.05) is 0 Å². The molecule has 0 bridgehead atoms. The number of carbonyl (C=O) groups is 2. The van der Waals surface area contributed by atoms with Gasteiger partial charge < -0.3 is 9.47 Å². The predicted octanol–water partition coefficient (Wildman–Crippen LogP) is 3.21. The summed E-state index contributed by atoms with van der Waals surface area (Å²) in [5.74, 6) is 0.531. The van der Waals surface area contributed by atoms with Gasteiger partial charge in [-0.1, -0.05) is 12.1 Å². The zero-order valence-corrected chi connectivity index (χ0v) is 14.1. The van der Waals surface area contributed by atoms with Gasteiger partial charge in [-0.15, -0.1) is 6.58 Å². The van der Waals surface area contributed by atoms with Crippen molar-refractivity contribution in [2.45, 2.75) is 13.0 Å². The van der Waals surface area contributed by atoms with Gasteiger partial charge in [0.25, 0.3) is 11.1 Å². The van der Waals surface area contributed by atoms with Crippen LogP contribution in [0.2, 0.25) is 0 Å². The van der Waals surface area contributed by atoms with Crippen LogP contribution in [0.25, 0.3) is 6.08 Å². The molecule has 2 rings (SSSR count). The van der Waals surface area contributed by atoms with Gasteiger partial charge in [0.1, 0.15) is 6.07 Å². The molecule has 1 fully saturated rings. The number of imide groups is 1. The van der Waals surface area contributed by atoms with Gasteiger partial charge in [-0.05, 0) is 42.5 Å². The predicted molar refractivity (Wildman–Crippen MR) is 91.6 cm³/mol. The number of carbonyl (C=O) groups excluding carboxylic acids is 2. The number of rotatable bonds is 6. The van der Waals surface area contributed by atoms with E-state index >= 15 is 0 Å². The molecule has 1 aromatic carbocycles. The van der Waals surface area contributed by atoms with E-state index in [1.54, 1.807) is 37.3 Å². The van der Waals surface area contributed by atoms with Crippen molar-refractivity contribution in [2.24, 2.45) is 0 Å². The first kappa shape index (κ1) is 17.6. The molecule has 0 spiro atoms. The number of hydrogen-bond donors (Lipinski definition) is 0. The summed E-state index contributed by atoms with van der Waals surface area (Å²) in [5, 5.41) is 8.25. The van der Waals surface area contributed by atoms with Crippen molar-refractivity contribution < 1.29 is 19.1 Å². The average molecular weight is 344 g/mol. The minimum absolute atomic E-state index is 0.0892. The summed E-state index contributed by atoms with van der Waals surface area (Å²) < 4.78 is 10.5. The molecular formula is C17H16N2O4S. The Morgan fingerprint density at radius 1 is 1.42 bits per heavy atom. The molecule has 1 heterocycles. The van der Waals surface area contributed by atoms with Crippen LogP contribution in [0.3, 0.4) is 0 Å². The number of nitrogens with zero attached hydrogens (tertiary/aromatic N) is 2. The van der Waals surface area contributed by atoms with Crippen LogP contribution in [0.4, 0.5) is 4.79 Å². The standard InChI is InChI=1S/C17H16N2O4S/c1-4-11(2)19-16(20)15(24-17(19)21)10-12-5-6-13(23-8-7-18)14(9-12)22-3/h4-6,9-11H,1,8H2,2-3H3. The molecule has 7 heteroatoms. The van der Waals surface area contributed by atoms with Crippen LogP contribution in [-0.4, -0.2) is 35.8 Å². The molecule has 1 aliphatic heterocycles. The van der Waals surface area contributed by atoms with E-state index in [2.05, 4.69) is 6.58 Å². The third-order valence-electron chi connectivity index (χ3n) is 3.35. The lowest BCUT2D eigenvalue weighted by atomic mass is 10.1. The van der Waals surface area contributed by atoms with E-state index in [1.807, 2.05) is 6.07 Å². The number of hydrogen-bond acceptors (Lipinski definition) is 6. The largest absolute Gasteiger partial charge is 0.493 e. The number of thioether (sulfide) groups is 1. The molecular weight excluding hydrogens is 328 g/mol. The molecule has 1 aliphatic rings. The Hall–Kier alpha value is -2.72. The van der Waals surface area contributed by atoms with E-state index in [1.165, 1.54) is 12.0 Å². The molecule has 2 amide bonds. The van der Waals surface area contributed by atoms with E-state index in [0.29, 0.717) is 22.0 Å². The summed E-state index contributed by atoms with van der Waals surface area (Å²) in [6.07, 6.45) is 3.17. The van der Waals surface area contributed by atoms with E-state index in [-0.39, 0.29) is 23.8 Å². The monoisotopic (exact) mass is 344 g/mol. The lowest BCUT2D eigenvalue weighted by molar-refractivity contribution is -0.123. The Balaban J connectivity index is 2.28. The number of methoxy groups -OCH3 is 1. The third kappa shape index (κ3) is 3.60. The lowest BCUT2D eigenvalue weighted by Gasteiger charge is -2.17. The lowest BCUT2D eigenvalue weighted by Crippen LogP contribution is -2.35. The first-order valence-corrected chi connectivity index (χ1v) is 7.91. The van der Waals surface area contributed by atoms with Crippen molar-refractivity contribution in [1.82, 2.24) is 4.90 Å². The van der Waals surface area contributed by atoms with Crippen molar-refractivity contribution >= 4 is 29.0 Å². The molecule has 0 radical (unpaired) electrons. The van der Waals surface area contributed by atoms with Gasteiger partial charge in [-0.25, -0.2) is 0 Å². The number of ether oxygens (including phenoxy) is 2. The van der Waals surface area contributed by atoms with Gasteiger partial charge in [-0.2, -0.15) is 5.26 Å². The Kier molecular flexibility index (Phi) is 5.66. The Morgan fingerprint density at radius 3 is 2.79 bits per heavy atom. The summed E-state index contributed by atoms with van der Waals surface area (Å²) >= 11 is 0.888. The minimum atomic E-state index is -0.361. The first-order valence-electron chi connectivity index (χ1n) is 7.09. The Morgan fingerprint density at radius 2 is 2.17 bits per heavy atom. The number of amides is 2. The van der Waals surface area contributed by atoms with E-state index < -0.39 is 0 Å². The second-order valence-corrected chi connectivity index (χ2v) is 5.88. The highest BCUT2D eigenvalue weighted by molar-refractivity contribution is 8.18. The fourth-order valence-electron chi connectivity index (χ4n) is 2.09. The van der Waals surface area contributed by atoms with Gasteiger partial charge in [0.2, 0.25) is 0 Å². The van der Waals surface area contributed by atoms with Gasteiger partial charge >= 0.3 is 0 Å².